The highest BCUT2D eigenvalue weighted by atomic mass is 32.2. The van der Waals surface area contributed by atoms with Crippen LogP contribution in [0.15, 0.2) is 41.3 Å². The van der Waals surface area contributed by atoms with Crippen molar-refractivity contribution in [2.24, 2.45) is 0 Å². The van der Waals surface area contributed by atoms with E-state index in [0.717, 1.165) is 5.56 Å². The van der Waals surface area contributed by atoms with Crippen LogP contribution in [0.2, 0.25) is 0 Å². The summed E-state index contributed by atoms with van der Waals surface area (Å²) in [5.41, 5.74) is 1.37. The molecule has 0 bridgehead atoms. The highest BCUT2D eigenvalue weighted by Crippen LogP contribution is 2.23. The number of ether oxygens (including phenoxy) is 1. The average Bonchev–Trinajstić information content (AvgIpc) is 2.54. The van der Waals surface area contributed by atoms with Gasteiger partial charge >= 0.3 is 0 Å². The number of pyridine rings is 1. The van der Waals surface area contributed by atoms with Gasteiger partial charge in [-0.2, -0.15) is 0 Å². The number of rotatable bonds is 6. The quantitative estimate of drug-likeness (QED) is 0.835. The van der Waals surface area contributed by atoms with Gasteiger partial charge in [0.15, 0.2) is 15.8 Å². The van der Waals surface area contributed by atoms with Crippen LogP contribution < -0.4 is 10.3 Å². The Bertz CT molecular complexity index is 811. The van der Waals surface area contributed by atoms with E-state index in [4.69, 9.17) is 9.84 Å². The highest BCUT2D eigenvalue weighted by molar-refractivity contribution is 7.91. The predicted octanol–water partition coefficient (Wildman–Crippen LogP) is 1.31. The van der Waals surface area contributed by atoms with Gasteiger partial charge in [0.05, 0.1) is 12.4 Å². The molecule has 0 fully saturated rings. The van der Waals surface area contributed by atoms with Crippen LogP contribution in [0.1, 0.15) is 12.5 Å². The number of aliphatic hydroxyl groups is 1. The molecule has 7 heteroatoms. The molecule has 2 rings (SSSR count). The van der Waals surface area contributed by atoms with Gasteiger partial charge in [0.1, 0.15) is 5.75 Å². The van der Waals surface area contributed by atoms with Gasteiger partial charge in [-0.05, 0) is 29.3 Å². The molecule has 0 unspecified atom stereocenters. The number of nitrogens with one attached hydrogen (secondary N) is 1. The topological polar surface area (TPSA) is 96.5 Å². The van der Waals surface area contributed by atoms with E-state index in [-0.39, 0.29) is 29.4 Å². The van der Waals surface area contributed by atoms with Crippen LogP contribution in [-0.4, -0.2) is 30.2 Å². The maximum Gasteiger partial charge on any atom is 0.253 e. The second-order valence-corrected chi connectivity index (χ2v) is 7.02. The summed E-state index contributed by atoms with van der Waals surface area (Å²) in [6.07, 6.45) is 1.53. The number of aromatic amines is 1. The van der Waals surface area contributed by atoms with Crippen LogP contribution in [0.25, 0.3) is 11.1 Å². The van der Waals surface area contributed by atoms with E-state index < -0.39 is 9.84 Å². The van der Waals surface area contributed by atoms with Gasteiger partial charge in [-0.1, -0.05) is 19.1 Å². The Labute approximate surface area is 128 Å². The Morgan fingerprint density at radius 2 is 2.00 bits per heavy atom. The molecule has 22 heavy (non-hydrogen) atoms. The van der Waals surface area contributed by atoms with E-state index in [1.54, 1.807) is 37.3 Å². The van der Waals surface area contributed by atoms with E-state index in [9.17, 15) is 13.2 Å². The van der Waals surface area contributed by atoms with Crippen molar-refractivity contribution >= 4 is 9.84 Å². The molecule has 0 saturated carbocycles. The molecule has 0 aliphatic rings. The van der Waals surface area contributed by atoms with Crippen molar-refractivity contribution in [2.75, 3.05) is 11.7 Å². The van der Waals surface area contributed by atoms with Crippen LogP contribution in [0.4, 0.5) is 0 Å². The normalized spacial score (nSPS) is 11.4. The van der Waals surface area contributed by atoms with Gasteiger partial charge in [-0.3, -0.25) is 4.79 Å². The maximum absolute atomic E-state index is 11.5. The Hall–Kier alpha value is -2.12. The van der Waals surface area contributed by atoms with Crippen LogP contribution in [0.5, 0.6) is 5.75 Å². The van der Waals surface area contributed by atoms with Crippen LogP contribution in [0.3, 0.4) is 0 Å². The summed E-state index contributed by atoms with van der Waals surface area (Å²) in [6.45, 7) is 1.21. The summed E-state index contributed by atoms with van der Waals surface area (Å²) in [7, 11) is -3.21. The molecule has 0 aliphatic heterocycles. The molecule has 0 atom stereocenters. The molecule has 6 nitrogen and oxygen atoms in total. The predicted molar refractivity (Wildman–Crippen MR) is 83.4 cm³/mol. The summed E-state index contributed by atoms with van der Waals surface area (Å²) >= 11 is 0. The molecule has 1 aromatic carbocycles. The summed E-state index contributed by atoms with van der Waals surface area (Å²) in [5, 5.41) is 9.13. The second-order valence-electron chi connectivity index (χ2n) is 4.72. The number of hydrogen-bond acceptors (Lipinski definition) is 5. The van der Waals surface area contributed by atoms with Crippen molar-refractivity contribution in [1.29, 1.82) is 0 Å². The molecule has 0 radical (unpaired) electrons. The number of H-pyrrole nitrogens is 1. The number of aliphatic hydroxyl groups excluding tert-OH is 1. The van der Waals surface area contributed by atoms with E-state index in [1.165, 1.54) is 6.20 Å². The smallest absolute Gasteiger partial charge is 0.253 e. The van der Waals surface area contributed by atoms with Gasteiger partial charge < -0.3 is 14.8 Å². The van der Waals surface area contributed by atoms with E-state index in [2.05, 4.69) is 4.98 Å². The van der Waals surface area contributed by atoms with Crippen molar-refractivity contribution in [2.45, 2.75) is 13.5 Å². The molecule has 1 heterocycles. The lowest BCUT2D eigenvalue weighted by molar-refractivity contribution is 0.280. The molecule has 0 aliphatic carbocycles. The van der Waals surface area contributed by atoms with E-state index in [1.807, 2.05) is 0 Å². The zero-order chi connectivity index (χ0) is 16.2. The first-order valence-corrected chi connectivity index (χ1v) is 8.53. The van der Waals surface area contributed by atoms with Gasteiger partial charge in [0.2, 0.25) is 0 Å². The maximum atomic E-state index is 11.5. The molecular formula is C15H17NO5S. The fourth-order valence-corrected chi connectivity index (χ4v) is 2.30. The molecule has 2 N–H and O–H groups in total. The first kappa shape index (κ1) is 16.3. The van der Waals surface area contributed by atoms with Gasteiger partial charge in [-0.15, -0.1) is 0 Å². The van der Waals surface area contributed by atoms with Crippen molar-refractivity contribution in [1.82, 2.24) is 4.98 Å². The minimum atomic E-state index is -3.21. The molecule has 2 aromatic rings. The molecular weight excluding hydrogens is 306 g/mol. The SMILES string of the molecule is CCS(=O)(=O)COc1cccc(-c2c[nH]c(=O)c(CO)c2)c1. The molecule has 1 aromatic heterocycles. The molecule has 0 saturated heterocycles. The first-order valence-electron chi connectivity index (χ1n) is 6.71. The fourth-order valence-electron chi connectivity index (χ4n) is 1.82. The third kappa shape index (κ3) is 3.96. The third-order valence-corrected chi connectivity index (χ3v) is 4.52. The lowest BCUT2D eigenvalue weighted by Crippen LogP contribution is -2.14. The van der Waals surface area contributed by atoms with Crippen LogP contribution in [-0.2, 0) is 16.4 Å². The minimum Gasteiger partial charge on any atom is -0.478 e. The van der Waals surface area contributed by atoms with Crippen molar-refractivity contribution in [3.05, 3.63) is 52.4 Å². The van der Waals surface area contributed by atoms with Gasteiger partial charge in [-0.25, -0.2) is 8.42 Å². The lowest BCUT2D eigenvalue weighted by atomic mass is 10.1. The summed E-state index contributed by atoms with van der Waals surface area (Å²) in [6, 6.07) is 8.46. The number of sulfone groups is 1. The number of benzene rings is 1. The van der Waals surface area contributed by atoms with Crippen LogP contribution >= 0.6 is 0 Å². The Morgan fingerprint density at radius 3 is 2.68 bits per heavy atom. The first-order chi connectivity index (χ1) is 10.4. The van der Waals surface area contributed by atoms with Gasteiger partial charge in [0, 0.05) is 11.8 Å². The zero-order valence-corrected chi connectivity index (χ0v) is 12.9. The fraction of sp³-hybridized carbons (Fsp3) is 0.267. The number of hydrogen-bond donors (Lipinski definition) is 2. The largest absolute Gasteiger partial charge is 0.478 e. The summed E-state index contributed by atoms with van der Waals surface area (Å²) in [5.74, 6) is 0.0682. The van der Waals surface area contributed by atoms with E-state index in [0.29, 0.717) is 11.3 Å². The molecule has 0 amide bonds. The average molecular weight is 323 g/mol. The Kier molecular flexibility index (Phi) is 4.99. The highest BCUT2D eigenvalue weighted by Gasteiger charge is 2.09. The lowest BCUT2D eigenvalue weighted by Gasteiger charge is -2.08. The van der Waals surface area contributed by atoms with Crippen molar-refractivity contribution in [3.8, 4) is 16.9 Å². The number of aromatic nitrogens is 1. The van der Waals surface area contributed by atoms with Crippen molar-refractivity contribution in [3.63, 3.8) is 0 Å². The third-order valence-electron chi connectivity index (χ3n) is 3.16. The summed E-state index contributed by atoms with van der Waals surface area (Å²) in [4.78, 5) is 14.0. The molecule has 0 spiro atoms. The Morgan fingerprint density at radius 1 is 1.23 bits per heavy atom. The zero-order valence-electron chi connectivity index (χ0n) is 12.1. The van der Waals surface area contributed by atoms with Gasteiger partial charge in [0.25, 0.3) is 5.56 Å². The monoisotopic (exact) mass is 323 g/mol. The van der Waals surface area contributed by atoms with Crippen LogP contribution in [0, 0.1) is 0 Å². The second kappa shape index (κ2) is 6.76. The standard InChI is InChI=1S/C15H17NO5S/c1-2-22(19,20)10-21-14-5-3-4-11(7-14)12-6-13(9-17)15(18)16-8-12/h3-8,17H,2,9-10H2,1H3,(H,16,18). The van der Waals surface area contributed by atoms with Crippen molar-refractivity contribution < 1.29 is 18.3 Å². The van der Waals surface area contributed by atoms with E-state index >= 15 is 0 Å². The molecule has 118 valence electrons. The minimum absolute atomic E-state index is 0.0203. The Balaban J connectivity index is 2.27. The summed E-state index contributed by atoms with van der Waals surface area (Å²) < 4.78 is 28.2.